The summed E-state index contributed by atoms with van der Waals surface area (Å²) >= 11 is 0. The number of hydrogen-bond acceptors (Lipinski definition) is 4. The molecule has 0 aromatic heterocycles. The van der Waals surface area contributed by atoms with E-state index in [2.05, 4.69) is 19.3 Å². The van der Waals surface area contributed by atoms with Gasteiger partial charge in [0.15, 0.2) is 0 Å². The van der Waals surface area contributed by atoms with Gasteiger partial charge in [-0.15, -0.1) is 0 Å². The molecule has 0 unspecified atom stereocenters. The number of hydroxylamine groups is 1. The lowest BCUT2D eigenvalue weighted by molar-refractivity contribution is 0.0861. The van der Waals surface area contributed by atoms with Crippen LogP contribution >= 0.6 is 0 Å². The molecule has 0 fully saturated rings. The van der Waals surface area contributed by atoms with E-state index in [-0.39, 0.29) is 0 Å². The molecular formula is C13H21NO3. The molecule has 1 N–H and O–H groups in total. The van der Waals surface area contributed by atoms with Crippen molar-refractivity contribution in [1.29, 1.82) is 0 Å². The molecule has 96 valence electrons. The molecule has 17 heavy (non-hydrogen) atoms. The van der Waals surface area contributed by atoms with E-state index >= 15 is 0 Å². The maximum absolute atomic E-state index is 5.50. The number of benzene rings is 1. The van der Waals surface area contributed by atoms with Crippen LogP contribution in [0.4, 0.5) is 0 Å². The van der Waals surface area contributed by atoms with Crippen LogP contribution in [0.3, 0.4) is 0 Å². The summed E-state index contributed by atoms with van der Waals surface area (Å²) in [6, 6.07) is 3.94. The molecule has 0 spiro atoms. The normalized spacial score (nSPS) is 10.7. The largest absolute Gasteiger partial charge is 0.496 e. The maximum atomic E-state index is 5.50. The molecular weight excluding hydrogens is 218 g/mol. The van der Waals surface area contributed by atoms with Gasteiger partial charge in [0.2, 0.25) is 0 Å². The van der Waals surface area contributed by atoms with E-state index in [1.165, 1.54) is 0 Å². The van der Waals surface area contributed by atoms with Gasteiger partial charge in [0.05, 0.1) is 21.3 Å². The monoisotopic (exact) mass is 239 g/mol. The minimum Gasteiger partial charge on any atom is -0.496 e. The Morgan fingerprint density at radius 3 is 2.29 bits per heavy atom. The SMILES string of the molecule is CONCc1ccc(OC)c(C(C)C)c1OC. The first kappa shape index (κ1) is 13.8. The molecule has 1 rings (SSSR count). The molecule has 0 aliphatic heterocycles. The average molecular weight is 239 g/mol. The van der Waals surface area contributed by atoms with Crippen molar-refractivity contribution in [3.63, 3.8) is 0 Å². The van der Waals surface area contributed by atoms with Crippen molar-refractivity contribution in [2.75, 3.05) is 21.3 Å². The van der Waals surface area contributed by atoms with Crippen LogP contribution in [0.5, 0.6) is 11.5 Å². The van der Waals surface area contributed by atoms with E-state index in [1.807, 2.05) is 12.1 Å². The predicted octanol–water partition coefficient (Wildman–Crippen LogP) is 2.48. The summed E-state index contributed by atoms with van der Waals surface area (Å²) in [5.74, 6) is 2.06. The van der Waals surface area contributed by atoms with E-state index in [4.69, 9.17) is 14.3 Å². The second-order valence-corrected chi connectivity index (χ2v) is 4.05. The van der Waals surface area contributed by atoms with Gasteiger partial charge in [-0.25, -0.2) is 0 Å². The van der Waals surface area contributed by atoms with Crippen LogP contribution < -0.4 is 15.0 Å². The van der Waals surface area contributed by atoms with Crippen molar-refractivity contribution in [3.8, 4) is 11.5 Å². The average Bonchev–Trinajstić information content (AvgIpc) is 2.34. The molecule has 4 nitrogen and oxygen atoms in total. The minimum absolute atomic E-state index is 0.336. The molecule has 0 heterocycles. The minimum atomic E-state index is 0.336. The Kier molecular flexibility index (Phi) is 5.25. The fourth-order valence-electron chi connectivity index (χ4n) is 1.88. The highest BCUT2D eigenvalue weighted by Gasteiger charge is 2.17. The van der Waals surface area contributed by atoms with Gasteiger partial charge in [0.1, 0.15) is 11.5 Å². The third kappa shape index (κ3) is 3.11. The zero-order valence-corrected chi connectivity index (χ0v) is 11.2. The third-order valence-corrected chi connectivity index (χ3v) is 2.65. The molecule has 0 saturated heterocycles. The smallest absolute Gasteiger partial charge is 0.130 e. The van der Waals surface area contributed by atoms with Crippen molar-refractivity contribution in [2.45, 2.75) is 26.3 Å². The molecule has 0 bridgehead atoms. The van der Waals surface area contributed by atoms with Crippen LogP contribution in [0.15, 0.2) is 12.1 Å². The third-order valence-electron chi connectivity index (χ3n) is 2.65. The van der Waals surface area contributed by atoms with Crippen LogP contribution in [0.25, 0.3) is 0 Å². The Labute approximate surface area is 103 Å². The lowest BCUT2D eigenvalue weighted by Gasteiger charge is -2.19. The zero-order valence-electron chi connectivity index (χ0n) is 11.2. The summed E-state index contributed by atoms with van der Waals surface area (Å²) in [5, 5.41) is 0. The summed E-state index contributed by atoms with van der Waals surface area (Å²) in [7, 11) is 4.95. The molecule has 0 saturated carbocycles. The fraction of sp³-hybridized carbons (Fsp3) is 0.538. The summed E-state index contributed by atoms with van der Waals surface area (Å²) in [6.45, 7) is 4.84. The van der Waals surface area contributed by atoms with Gasteiger partial charge in [-0.1, -0.05) is 19.9 Å². The summed E-state index contributed by atoms with van der Waals surface area (Å²) in [4.78, 5) is 4.87. The molecule has 0 amide bonds. The van der Waals surface area contributed by atoms with Crippen molar-refractivity contribution in [3.05, 3.63) is 23.3 Å². The summed E-state index contributed by atoms with van der Waals surface area (Å²) in [5.41, 5.74) is 4.96. The van der Waals surface area contributed by atoms with Crippen LogP contribution in [-0.4, -0.2) is 21.3 Å². The highest BCUT2D eigenvalue weighted by atomic mass is 16.6. The van der Waals surface area contributed by atoms with E-state index in [0.717, 1.165) is 22.6 Å². The lowest BCUT2D eigenvalue weighted by atomic mass is 9.97. The zero-order chi connectivity index (χ0) is 12.8. The quantitative estimate of drug-likeness (QED) is 0.774. The van der Waals surface area contributed by atoms with E-state index in [0.29, 0.717) is 12.5 Å². The first-order chi connectivity index (χ1) is 8.15. The highest BCUT2D eigenvalue weighted by Crippen LogP contribution is 2.37. The summed E-state index contributed by atoms with van der Waals surface area (Å²) in [6.07, 6.45) is 0. The van der Waals surface area contributed by atoms with Gasteiger partial charge in [-0.3, -0.25) is 0 Å². The van der Waals surface area contributed by atoms with Crippen molar-refractivity contribution < 1.29 is 14.3 Å². The molecule has 0 radical (unpaired) electrons. The number of rotatable bonds is 6. The first-order valence-electron chi connectivity index (χ1n) is 5.65. The van der Waals surface area contributed by atoms with E-state index in [1.54, 1.807) is 21.3 Å². The number of hydrogen-bond donors (Lipinski definition) is 1. The second kappa shape index (κ2) is 6.47. The standard InChI is InChI=1S/C13H21NO3/c1-9(2)12-11(15-3)7-6-10(8-14-17-5)13(12)16-4/h6-7,9,14H,8H2,1-5H3. The maximum Gasteiger partial charge on any atom is 0.130 e. The molecule has 0 aliphatic carbocycles. The molecule has 0 atom stereocenters. The molecule has 1 aromatic carbocycles. The lowest BCUT2D eigenvalue weighted by Crippen LogP contribution is -2.13. The number of nitrogens with one attached hydrogen (secondary N) is 1. The Hall–Kier alpha value is -1.26. The Balaban J connectivity index is 3.20. The van der Waals surface area contributed by atoms with Crippen LogP contribution in [0.1, 0.15) is 30.9 Å². The Morgan fingerprint density at radius 1 is 1.12 bits per heavy atom. The predicted molar refractivity (Wildman–Crippen MR) is 67.5 cm³/mol. The van der Waals surface area contributed by atoms with Crippen LogP contribution in [-0.2, 0) is 11.4 Å². The van der Waals surface area contributed by atoms with Crippen molar-refractivity contribution in [2.24, 2.45) is 0 Å². The van der Waals surface area contributed by atoms with Crippen LogP contribution in [0, 0.1) is 0 Å². The van der Waals surface area contributed by atoms with Gasteiger partial charge in [0.25, 0.3) is 0 Å². The van der Waals surface area contributed by atoms with Gasteiger partial charge in [-0.2, -0.15) is 5.48 Å². The first-order valence-corrected chi connectivity index (χ1v) is 5.65. The van der Waals surface area contributed by atoms with Gasteiger partial charge >= 0.3 is 0 Å². The van der Waals surface area contributed by atoms with Gasteiger partial charge in [-0.05, 0) is 12.0 Å². The summed E-state index contributed by atoms with van der Waals surface area (Å²) < 4.78 is 10.9. The molecule has 4 heteroatoms. The Morgan fingerprint density at radius 2 is 1.82 bits per heavy atom. The number of methoxy groups -OCH3 is 2. The molecule has 1 aromatic rings. The Bertz CT molecular complexity index is 364. The topological polar surface area (TPSA) is 39.7 Å². The van der Waals surface area contributed by atoms with Crippen LogP contribution in [0.2, 0.25) is 0 Å². The van der Waals surface area contributed by atoms with E-state index < -0.39 is 0 Å². The van der Waals surface area contributed by atoms with Gasteiger partial charge in [0, 0.05) is 17.7 Å². The molecule has 0 aliphatic rings. The van der Waals surface area contributed by atoms with Crippen molar-refractivity contribution >= 4 is 0 Å². The van der Waals surface area contributed by atoms with Crippen molar-refractivity contribution in [1.82, 2.24) is 5.48 Å². The fourth-order valence-corrected chi connectivity index (χ4v) is 1.88. The van der Waals surface area contributed by atoms with Gasteiger partial charge < -0.3 is 14.3 Å². The second-order valence-electron chi connectivity index (χ2n) is 4.05. The highest BCUT2D eigenvalue weighted by molar-refractivity contribution is 5.51. The van der Waals surface area contributed by atoms with E-state index in [9.17, 15) is 0 Å². The number of ether oxygens (including phenoxy) is 2.